The van der Waals surface area contributed by atoms with Crippen molar-refractivity contribution in [3.8, 4) is 11.1 Å². The van der Waals surface area contributed by atoms with Gasteiger partial charge in [0.05, 0.1) is 6.20 Å². The molecule has 0 aliphatic carbocycles. The summed E-state index contributed by atoms with van der Waals surface area (Å²) in [5.41, 5.74) is 2.75. The van der Waals surface area contributed by atoms with Crippen molar-refractivity contribution in [2.75, 3.05) is 0 Å². The molecule has 1 heterocycles. The summed E-state index contributed by atoms with van der Waals surface area (Å²) in [4.78, 5) is 10.6. The Balaban J connectivity index is 2.37. The molecule has 4 nitrogen and oxygen atoms in total. The van der Waals surface area contributed by atoms with E-state index in [2.05, 4.69) is 5.10 Å². The van der Waals surface area contributed by atoms with E-state index >= 15 is 0 Å². The summed E-state index contributed by atoms with van der Waals surface area (Å²) >= 11 is 0. The largest absolute Gasteiger partial charge is 0.480 e. The minimum Gasteiger partial charge on any atom is -0.480 e. The van der Waals surface area contributed by atoms with Gasteiger partial charge in [0, 0.05) is 11.8 Å². The van der Waals surface area contributed by atoms with Gasteiger partial charge >= 0.3 is 5.97 Å². The highest BCUT2D eigenvalue weighted by Gasteiger charge is 2.08. The van der Waals surface area contributed by atoms with Crippen LogP contribution in [0.3, 0.4) is 0 Å². The van der Waals surface area contributed by atoms with Crippen molar-refractivity contribution in [2.24, 2.45) is 0 Å². The third-order valence-corrected chi connectivity index (χ3v) is 2.70. The van der Waals surface area contributed by atoms with Crippen LogP contribution in [0.15, 0.2) is 24.5 Å². The molecule has 18 heavy (non-hydrogen) atoms. The number of carboxylic acid groups (broad SMARTS) is 1. The van der Waals surface area contributed by atoms with Gasteiger partial charge in [0.2, 0.25) is 0 Å². The number of halogens is 1. The van der Waals surface area contributed by atoms with Crippen molar-refractivity contribution < 1.29 is 14.3 Å². The van der Waals surface area contributed by atoms with Crippen LogP contribution in [0.2, 0.25) is 0 Å². The minimum atomic E-state index is -0.948. The van der Waals surface area contributed by atoms with E-state index < -0.39 is 5.97 Å². The van der Waals surface area contributed by atoms with Crippen molar-refractivity contribution in [1.29, 1.82) is 0 Å². The summed E-state index contributed by atoms with van der Waals surface area (Å²) < 4.78 is 14.8. The Labute approximate surface area is 104 Å². The maximum atomic E-state index is 13.5. The van der Waals surface area contributed by atoms with E-state index in [0.717, 1.165) is 11.1 Å². The Morgan fingerprint density at radius 2 is 1.94 bits per heavy atom. The first kappa shape index (κ1) is 12.3. The molecule has 0 aliphatic heterocycles. The lowest BCUT2D eigenvalue weighted by molar-refractivity contribution is -0.137. The van der Waals surface area contributed by atoms with E-state index in [9.17, 15) is 9.18 Å². The highest BCUT2D eigenvalue weighted by Crippen LogP contribution is 2.23. The van der Waals surface area contributed by atoms with Gasteiger partial charge in [-0.2, -0.15) is 5.10 Å². The van der Waals surface area contributed by atoms with Crippen molar-refractivity contribution in [3.05, 3.63) is 41.5 Å². The number of aliphatic carboxylic acids is 1. The van der Waals surface area contributed by atoms with Gasteiger partial charge in [0.15, 0.2) is 0 Å². The molecule has 0 radical (unpaired) electrons. The van der Waals surface area contributed by atoms with Crippen LogP contribution in [0.4, 0.5) is 4.39 Å². The van der Waals surface area contributed by atoms with Crippen LogP contribution in [0.1, 0.15) is 11.1 Å². The van der Waals surface area contributed by atoms with Gasteiger partial charge in [0.25, 0.3) is 0 Å². The minimum absolute atomic E-state index is 0.181. The van der Waals surface area contributed by atoms with Crippen LogP contribution in [0, 0.1) is 19.7 Å². The zero-order valence-corrected chi connectivity index (χ0v) is 10.1. The maximum absolute atomic E-state index is 13.5. The zero-order valence-electron chi connectivity index (χ0n) is 10.1. The maximum Gasteiger partial charge on any atom is 0.325 e. The van der Waals surface area contributed by atoms with Crippen LogP contribution in [0.25, 0.3) is 11.1 Å². The quantitative estimate of drug-likeness (QED) is 0.907. The topological polar surface area (TPSA) is 55.1 Å². The molecule has 0 saturated carbocycles. The molecule has 2 aromatic rings. The van der Waals surface area contributed by atoms with E-state index in [1.165, 1.54) is 4.68 Å². The van der Waals surface area contributed by atoms with Gasteiger partial charge in [-0.25, -0.2) is 4.39 Å². The molecule has 1 aromatic heterocycles. The third kappa shape index (κ3) is 2.40. The van der Waals surface area contributed by atoms with Gasteiger partial charge < -0.3 is 5.11 Å². The van der Waals surface area contributed by atoms with Crippen LogP contribution in [0.5, 0.6) is 0 Å². The standard InChI is InChI=1S/C13H13FN2O2/c1-8-3-10(4-9(2)13(8)14)11-5-15-16(6-11)7-12(17)18/h3-6H,7H2,1-2H3,(H,17,18). The summed E-state index contributed by atoms with van der Waals surface area (Å²) in [6, 6.07) is 3.45. The average Bonchev–Trinajstić information content (AvgIpc) is 2.72. The monoisotopic (exact) mass is 248 g/mol. The van der Waals surface area contributed by atoms with Crippen molar-refractivity contribution in [1.82, 2.24) is 9.78 Å². The number of benzene rings is 1. The molecule has 0 fully saturated rings. The number of carbonyl (C=O) groups is 1. The van der Waals surface area contributed by atoms with E-state index in [4.69, 9.17) is 5.11 Å². The first-order valence-corrected chi connectivity index (χ1v) is 5.48. The van der Waals surface area contributed by atoms with E-state index in [0.29, 0.717) is 11.1 Å². The molecule has 1 aromatic carbocycles. The number of aromatic nitrogens is 2. The van der Waals surface area contributed by atoms with Gasteiger partial charge in [0.1, 0.15) is 12.4 Å². The van der Waals surface area contributed by atoms with E-state index in [-0.39, 0.29) is 12.4 Å². The Morgan fingerprint density at radius 1 is 1.33 bits per heavy atom. The first-order valence-electron chi connectivity index (χ1n) is 5.48. The molecule has 5 heteroatoms. The molecule has 0 amide bonds. The van der Waals surface area contributed by atoms with Crippen LogP contribution in [-0.2, 0) is 11.3 Å². The van der Waals surface area contributed by atoms with Gasteiger partial charge in [-0.05, 0) is 42.7 Å². The van der Waals surface area contributed by atoms with Crippen LogP contribution >= 0.6 is 0 Å². The molecule has 1 N–H and O–H groups in total. The van der Waals surface area contributed by atoms with Crippen molar-refractivity contribution in [2.45, 2.75) is 20.4 Å². The van der Waals surface area contributed by atoms with E-state index in [1.54, 1.807) is 38.4 Å². The first-order chi connectivity index (χ1) is 8.47. The molecule has 0 spiro atoms. The van der Waals surface area contributed by atoms with Gasteiger partial charge in [-0.15, -0.1) is 0 Å². The van der Waals surface area contributed by atoms with Crippen LogP contribution < -0.4 is 0 Å². The number of aryl methyl sites for hydroxylation is 2. The van der Waals surface area contributed by atoms with Gasteiger partial charge in [-0.3, -0.25) is 9.48 Å². The number of nitrogens with zero attached hydrogens (tertiary/aromatic N) is 2. The fourth-order valence-electron chi connectivity index (χ4n) is 1.85. The molecule has 0 saturated heterocycles. The van der Waals surface area contributed by atoms with Crippen molar-refractivity contribution in [3.63, 3.8) is 0 Å². The summed E-state index contributed by atoms with van der Waals surface area (Å²) in [6.45, 7) is 3.22. The van der Waals surface area contributed by atoms with Crippen molar-refractivity contribution >= 4 is 5.97 Å². The summed E-state index contributed by atoms with van der Waals surface area (Å²) in [7, 11) is 0. The Hall–Kier alpha value is -2.17. The molecule has 0 atom stereocenters. The lowest BCUT2D eigenvalue weighted by Gasteiger charge is -2.04. The highest BCUT2D eigenvalue weighted by molar-refractivity contribution is 5.67. The smallest absolute Gasteiger partial charge is 0.325 e. The lowest BCUT2D eigenvalue weighted by Crippen LogP contribution is -2.08. The normalized spacial score (nSPS) is 10.6. The number of hydrogen-bond donors (Lipinski definition) is 1. The number of carboxylic acids is 1. The highest BCUT2D eigenvalue weighted by atomic mass is 19.1. The lowest BCUT2D eigenvalue weighted by atomic mass is 10.0. The second-order valence-electron chi connectivity index (χ2n) is 4.24. The number of hydrogen-bond acceptors (Lipinski definition) is 2. The summed E-state index contributed by atoms with van der Waals surface area (Å²) in [5, 5.41) is 12.6. The fourth-order valence-corrected chi connectivity index (χ4v) is 1.85. The molecule has 0 bridgehead atoms. The fraction of sp³-hybridized carbons (Fsp3) is 0.231. The average molecular weight is 248 g/mol. The Kier molecular flexibility index (Phi) is 3.14. The predicted molar refractivity (Wildman–Crippen MR) is 64.7 cm³/mol. The summed E-state index contributed by atoms with van der Waals surface area (Å²) in [5.74, 6) is -1.16. The Morgan fingerprint density at radius 3 is 2.50 bits per heavy atom. The van der Waals surface area contributed by atoms with E-state index in [1.807, 2.05) is 0 Å². The molecular formula is C13H13FN2O2. The SMILES string of the molecule is Cc1cc(-c2cnn(CC(=O)O)c2)cc(C)c1F. The predicted octanol–water partition coefficient (Wildman–Crippen LogP) is 2.39. The molecule has 0 aliphatic rings. The van der Waals surface area contributed by atoms with Crippen LogP contribution in [-0.4, -0.2) is 20.9 Å². The zero-order chi connectivity index (χ0) is 13.3. The number of rotatable bonds is 3. The molecular weight excluding hydrogens is 235 g/mol. The Bertz CT molecular complexity index is 582. The third-order valence-electron chi connectivity index (χ3n) is 2.70. The molecule has 94 valence electrons. The molecule has 0 unspecified atom stereocenters. The van der Waals surface area contributed by atoms with Gasteiger partial charge in [-0.1, -0.05) is 0 Å². The second kappa shape index (κ2) is 4.60. The summed E-state index contributed by atoms with van der Waals surface area (Å²) in [6.07, 6.45) is 3.22. The molecule has 2 rings (SSSR count). The second-order valence-corrected chi connectivity index (χ2v) is 4.24.